The van der Waals surface area contributed by atoms with Gasteiger partial charge in [-0.05, 0) is 46.2 Å². The van der Waals surface area contributed by atoms with Crippen LogP contribution in [0.2, 0.25) is 6.04 Å². The molecule has 136 valence electrons. The number of carbonyl (C=O) groups is 1. The average Bonchev–Trinajstić information content (AvgIpc) is 2.55. The topological polar surface area (TPSA) is 68.8 Å². The summed E-state index contributed by atoms with van der Waals surface area (Å²) in [6.45, 7) is 10.1. The van der Waals surface area contributed by atoms with Crippen molar-refractivity contribution >= 4 is 20.5 Å². The number of benzene rings is 1. The van der Waals surface area contributed by atoms with Crippen LogP contribution in [-0.2, 0) is 13.3 Å². The molecule has 1 rings (SSSR count). The lowest BCUT2D eigenvalue weighted by Crippen LogP contribution is -2.46. The summed E-state index contributed by atoms with van der Waals surface area (Å²) in [6.07, 6.45) is 0.744. The van der Waals surface area contributed by atoms with Gasteiger partial charge in [-0.3, -0.25) is 0 Å². The molecule has 0 aliphatic carbocycles. The van der Waals surface area contributed by atoms with Crippen molar-refractivity contribution in [3.63, 3.8) is 0 Å². The molecule has 0 atom stereocenters. The molecule has 7 heteroatoms. The molecular weight excluding hydrogens is 324 g/mol. The predicted molar refractivity (Wildman–Crippen MR) is 98.3 cm³/mol. The molecule has 0 aliphatic rings. The summed E-state index contributed by atoms with van der Waals surface area (Å²) in [5, 5.41) is 5.66. The number of rotatable bonds is 11. The monoisotopic (exact) mass is 354 g/mol. The van der Waals surface area contributed by atoms with Gasteiger partial charge in [-0.1, -0.05) is 17.7 Å². The summed E-state index contributed by atoms with van der Waals surface area (Å²) in [6, 6.07) is 8.16. The zero-order chi connectivity index (χ0) is 17.8. The van der Waals surface area contributed by atoms with Gasteiger partial charge in [0.25, 0.3) is 0 Å². The number of amides is 2. The maximum Gasteiger partial charge on any atom is 0.500 e. The lowest BCUT2D eigenvalue weighted by molar-refractivity contribution is 0.0708. The SMILES string of the molecule is CCO[Si](CCCNC(=O)Nc1ccc(C)cc1)(OCC)OCC. The zero-order valence-electron chi connectivity index (χ0n) is 15.2. The fourth-order valence-electron chi connectivity index (χ4n) is 2.32. The number of carbonyl (C=O) groups excluding carboxylic acids is 1. The fraction of sp³-hybridized carbons (Fsp3) is 0.588. The van der Waals surface area contributed by atoms with Crippen molar-refractivity contribution in [2.24, 2.45) is 0 Å². The molecule has 0 radical (unpaired) electrons. The molecular formula is C17H30N2O4Si. The van der Waals surface area contributed by atoms with Crippen LogP contribution in [-0.4, -0.2) is 41.2 Å². The second-order valence-electron chi connectivity index (χ2n) is 5.33. The Morgan fingerprint density at radius 2 is 1.54 bits per heavy atom. The van der Waals surface area contributed by atoms with Gasteiger partial charge in [-0.2, -0.15) is 0 Å². The molecule has 0 saturated carbocycles. The second kappa shape index (κ2) is 11.2. The van der Waals surface area contributed by atoms with Crippen molar-refractivity contribution in [1.82, 2.24) is 5.32 Å². The van der Waals surface area contributed by atoms with Crippen LogP contribution in [0.15, 0.2) is 24.3 Å². The van der Waals surface area contributed by atoms with Crippen molar-refractivity contribution in [1.29, 1.82) is 0 Å². The number of hydrogen-bond acceptors (Lipinski definition) is 4. The van der Waals surface area contributed by atoms with E-state index in [0.717, 1.165) is 17.7 Å². The van der Waals surface area contributed by atoms with Crippen LogP contribution >= 0.6 is 0 Å². The molecule has 2 amide bonds. The van der Waals surface area contributed by atoms with Crippen LogP contribution in [0.4, 0.5) is 10.5 Å². The molecule has 0 spiro atoms. The van der Waals surface area contributed by atoms with Crippen LogP contribution in [0.5, 0.6) is 0 Å². The van der Waals surface area contributed by atoms with Gasteiger partial charge in [-0.25, -0.2) is 4.79 Å². The Morgan fingerprint density at radius 3 is 2.04 bits per heavy atom. The van der Waals surface area contributed by atoms with E-state index in [2.05, 4.69) is 10.6 Å². The minimum Gasteiger partial charge on any atom is -0.374 e. The van der Waals surface area contributed by atoms with Crippen molar-refractivity contribution < 1.29 is 18.1 Å². The van der Waals surface area contributed by atoms with Crippen molar-refractivity contribution in [2.75, 3.05) is 31.7 Å². The number of anilines is 1. The van der Waals surface area contributed by atoms with Gasteiger partial charge in [0.05, 0.1) is 0 Å². The average molecular weight is 355 g/mol. The highest BCUT2D eigenvalue weighted by molar-refractivity contribution is 6.60. The summed E-state index contributed by atoms with van der Waals surface area (Å²) in [4.78, 5) is 11.9. The maximum atomic E-state index is 11.9. The molecule has 1 aromatic rings. The molecule has 0 bridgehead atoms. The molecule has 0 fully saturated rings. The van der Waals surface area contributed by atoms with Gasteiger partial charge < -0.3 is 23.9 Å². The van der Waals surface area contributed by atoms with E-state index in [1.807, 2.05) is 52.0 Å². The van der Waals surface area contributed by atoms with Gasteiger partial charge >= 0.3 is 14.8 Å². The normalized spacial score (nSPS) is 11.3. The number of aryl methyl sites for hydroxylation is 1. The Balaban J connectivity index is 2.38. The quantitative estimate of drug-likeness (QED) is 0.471. The second-order valence-corrected chi connectivity index (χ2v) is 8.06. The van der Waals surface area contributed by atoms with Crippen LogP contribution in [0.25, 0.3) is 0 Å². The third-order valence-corrected chi connectivity index (χ3v) is 6.50. The van der Waals surface area contributed by atoms with Gasteiger partial charge in [0.2, 0.25) is 0 Å². The first kappa shape index (κ1) is 20.6. The summed E-state index contributed by atoms with van der Waals surface area (Å²) >= 11 is 0. The van der Waals surface area contributed by atoms with E-state index in [1.54, 1.807) is 0 Å². The molecule has 0 heterocycles. The van der Waals surface area contributed by atoms with Crippen LogP contribution in [0.1, 0.15) is 32.8 Å². The van der Waals surface area contributed by atoms with Crippen LogP contribution in [0.3, 0.4) is 0 Å². The number of nitrogens with one attached hydrogen (secondary N) is 2. The minimum atomic E-state index is -2.62. The smallest absolute Gasteiger partial charge is 0.374 e. The Morgan fingerprint density at radius 1 is 1.00 bits per heavy atom. The van der Waals surface area contributed by atoms with Gasteiger partial charge in [-0.15, -0.1) is 0 Å². The largest absolute Gasteiger partial charge is 0.500 e. The predicted octanol–water partition coefficient (Wildman–Crippen LogP) is 3.56. The lowest BCUT2D eigenvalue weighted by atomic mass is 10.2. The molecule has 1 aromatic carbocycles. The van der Waals surface area contributed by atoms with Crippen molar-refractivity contribution in [2.45, 2.75) is 40.2 Å². The third kappa shape index (κ3) is 7.44. The van der Waals surface area contributed by atoms with Crippen molar-refractivity contribution in [3.05, 3.63) is 29.8 Å². The Kier molecular flexibility index (Phi) is 9.62. The third-order valence-electron chi connectivity index (χ3n) is 3.35. The van der Waals surface area contributed by atoms with Crippen LogP contribution < -0.4 is 10.6 Å². The summed E-state index contributed by atoms with van der Waals surface area (Å²) in [7, 11) is -2.62. The van der Waals surface area contributed by atoms with E-state index >= 15 is 0 Å². The lowest BCUT2D eigenvalue weighted by Gasteiger charge is -2.28. The van der Waals surface area contributed by atoms with Crippen molar-refractivity contribution in [3.8, 4) is 0 Å². The summed E-state index contributed by atoms with van der Waals surface area (Å²) in [5.74, 6) is 0. The molecule has 0 aromatic heterocycles. The van der Waals surface area contributed by atoms with E-state index in [4.69, 9.17) is 13.3 Å². The fourth-order valence-corrected chi connectivity index (χ4v) is 4.93. The first-order chi connectivity index (χ1) is 11.5. The highest BCUT2D eigenvalue weighted by atomic mass is 28.4. The van der Waals surface area contributed by atoms with Gasteiger partial charge in [0, 0.05) is 38.1 Å². The van der Waals surface area contributed by atoms with E-state index in [9.17, 15) is 4.79 Å². The Hall–Kier alpha value is -1.41. The van der Waals surface area contributed by atoms with E-state index in [-0.39, 0.29) is 6.03 Å². The molecule has 0 unspecified atom stereocenters. The summed E-state index contributed by atoms with van der Waals surface area (Å²) in [5.41, 5.74) is 1.93. The first-order valence-electron chi connectivity index (χ1n) is 8.58. The number of hydrogen-bond donors (Lipinski definition) is 2. The van der Waals surface area contributed by atoms with E-state index < -0.39 is 8.80 Å². The highest BCUT2D eigenvalue weighted by Crippen LogP contribution is 2.17. The first-order valence-corrected chi connectivity index (χ1v) is 10.5. The maximum absolute atomic E-state index is 11.9. The van der Waals surface area contributed by atoms with E-state index in [1.165, 1.54) is 0 Å². The minimum absolute atomic E-state index is 0.213. The zero-order valence-corrected chi connectivity index (χ0v) is 16.2. The molecule has 24 heavy (non-hydrogen) atoms. The van der Waals surface area contributed by atoms with Crippen LogP contribution in [0, 0.1) is 6.92 Å². The Bertz CT molecular complexity index is 465. The van der Waals surface area contributed by atoms with E-state index in [0.29, 0.717) is 32.4 Å². The standard InChI is InChI=1S/C17H30N2O4Si/c1-5-21-24(22-6-2,23-7-3)14-8-13-18-17(20)19-16-11-9-15(4)10-12-16/h9-12H,5-8,13-14H2,1-4H3,(H2,18,19,20). The molecule has 0 saturated heterocycles. The molecule has 2 N–H and O–H groups in total. The summed E-state index contributed by atoms with van der Waals surface area (Å²) < 4.78 is 17.4. The highest BCUT2D eigenvalue weighted by Gasteiger charge is 2.39. The molecule has 0 aliphatic heterocycles. The molecule has 6 nitrogen and oxygen atoms in total. The number of urea groups is 1. The van der Waals surface area contributed by atoms with Gasteiger partial charge in [0.1, 0.15) is 0 Å². The van der Waals surface area contributed by atoms with Gasteiger partial charge in [0.15, 0.2) is 0 Å². The Labute approximate surface area is 146 Å².